The molecule has 3 nitrogen and oxygen atoms in total. The second-order valence-electron chi connectivity index (χ2n) is 6.34. The molecule has 1 aromatic rings. The highest BCUT2D eigenvalue weighted by Gasteiger charge is 2.07. The number of allylic oxidation sites excluding steroid dienone is 4. The van der Waals surface area contributed by atoms with Crippen LogP contribution in [0.5, 0.6) is 5.75 Å². The minimum Gasteiger partial charge on any atom is -0.434 e. The van der Waals surface area contributed by atoms with Crippen LogP contribution in [-0.2, 0) is 4.74 Å². The number of hydrogen-bond donors (Lipinski definition) is 0. The Balaban J connectivity index is 1.62. The van der Waals surface area contributed by atoms with Gasteiger partial charge in [-0.25, -0.2) is 4.79 Å². The predicted molar refractivity (Wildman–Crippen MR) is 102 cm³/mol. The Kier molecular flexibility index (Phi) is 8.89. The van der Waals surface area contributed by atoms with Gasteiger partial charge in [0.15, 0.2) is 0 Å². The van der Waals surface area contributed by atoms with E-state index >= 15 is 0 Å². The molecule has 0 heterocycles. The summed E-state index contributed by atoms with van der Waals surface area (Å²) in [7, 11) is 0. The number of unbranched alkanes of at least 4 members (excludes halogenated alkanes) is 6. The van der Waals surface area contributed by atoms with Gasteiger partial charge in [-0.3, -0.25) is 0 Å². The quantitative estimate of drug-likeness (QED) is 0.277. The van der Waals surface area contributed by atoms with Gasteiger partial charge in [0.05, 0.1) is 6.61 Å². The number of carbonyl (C=O) groups excluding carboxylic acids is 1. The maximum atomic E-state index is 11.7. The zero-order valence-electron chi connectivity index (χ0n) is 15.2. The summed E-state index contributed by atoms with van der Waals surface area (Å²) < 4.78 is 10.3. The molecule has 1 aromatic carbocycles. The number of hydrogen-bond acceptors (Lipinski definition) is 3. The molecule has 3 heteroatoms. The van der Waals surface area contributed by atoms with E-state index in [4.69, 9.17) is 9.47 Å². The van der Waals surface area contributed by atoms with E-state index in [1.165, 1.54) is 37.7 Å². The summed E-state index contributed by atoms with van der Waals surface area (Å²) in [6, 6.07) is 7.52. The third-order valence-corrected chi connectivity index (χ3v) is 4.24. The molecule has 0 atom stereocenters. The van der Waals surface area contributed by atoms with Crippen LogP contribution in [0.25, 0.3) is 5.57 Å². The molecule has 135 valence electrons. The maximum absolute atomic E-state index is 11.7. The Labute approximate surface area is 151 Å². The molecule has 0 fully saturated rings. The summed E-state index contributed by atoms with van der Waals surface area (Å²) in [5.41, 5.74) is 2.31. The molecule has 1 aliphatic rings. The minimum absolute atomic E-state index is 0.429. The summed E-state index contributed by atoms with van der Waals surface area (Å²) in [6.07, 6.45) is 17.1. The average Bonchev–Trinajstić information content (AvgIpc) is 2.65. The molecule has 0 unspecified atom stereocenters. The van der Waals surface area contributed by atoms with Gasteiger partial charge in [0.2, 0.25) is 0 Å². The third-order valence-electron chi connectivity index (χ3n) is 4.24. The van der Waals surface area contributed by atoms with Gasteiger partial charge in [-0.2, -0.15) is 0 Å². The van der Waals surface area contributed by atoms with Crippen LogP contribution in [0, 0.1) is 6.42 Å². The third kappa shape index (κ3) is 7.59. The average molecular weight is 341 g/mol. The van der Waals surface area contributed by atoms with E-state index in [1.807, 2.05) is 12.1 Å². The summed E-state index contributed by atoms with van der Waals surface area (Å²) in [6.45, 7) is 2.65. The summed E-state index contributed by atoms with van der Waals surface area (Å²) in [5, 5.41) is 0. The predicted octanol–water partition coefficient (Wildman–Crippen LogP) is 6.50. The fraction of sp³-hybridized carbons (Fsp3) is 0.455. The maximum Gasteiger partial charge on any atom is 0.513 e. The van der Waals surface area contributed by atoms with E-state index in [1.54, 1.807) is 12.1 Å². The summed E-state index contributed by atoms with van der Waals surface area (Å²) in [5.74, 6) is 0.514. The molecule has 2 rings (SSSR count). The van der Waals surface area contributed by atoms with E-state index in [0.29, 0.717) is 12.4 Å². The minimum atomic E-state index is -0.620. The van der Waals surface area contributed by atoms with Gasteiger partial charge in [0, 0.05) is 0 Å². The monoisotopic (exact) mass is 341 g/mol. The number of rotatable bonds is 10. The Morgan fingerprint density at radius 3 is 2.40 bits per heavy atom. The van der Waals surface area contributed by atoms with Crippen LogP contribution in [0.3, 0.4) is 0 Å². The van der Waals surface area contributed by atoms with Crippen LogP contribution < -0.4 is 4.74 Å². The van der Waals surface area contributed by atoms with Crippen molar-refractivity contribution in [2.75, 3.05) is 6.61 Å². The number of ether oxygens (including phenoxy) is 2. The Hall–Kier alpha value is -2.03. The molecule has 0 N–H and O–H groups in total. The molecule has 0 spiro atoms. The molecule has 0 bridgehead atoms. The lowest BCUT2D eigenvalue weighted by molar-refractivity contribution is 0.0973. The van der Waals surface area contributed by atoms with Crippen LogP contribution in [0.4, 0.5) is 4.79 Å². The van der Waals surface area contributed by atoms with Gasteiger partial charge in [-0.05, 0) is 42.5 Å². The molecular weight excluding hydrogens is 312 g/mol. The van der Waals surface area contributed by atoms with Crippen molar-refractivity contribution in [1.29, 1.82) is 0 Å². The largest absolute Gasteiger partial charge is 0.513 e. The lowest BCUT2D eigenvalue weighted by atomic mass is 10.00. The molecule has 0 amide bonds. The van der Waals surface area contributed by atoms with Crippen molar-refractivity contribution >= 4 is 11.7 Å². The number of carbonyl (C=O) groups is 1. The topological polar surface area (TPSA) is 35.5 Å². The summed E-state index contributed by atoms with van der Waals surface area (Å²) >= 11 is 0. The van der Waals surface area contributed by atoms with Gasteiger partial charge in [-0.1, -0.05) is 75.8 Å². The fourth-order valence-electron chi connectivity index (χ4n) is 2.78. The first-order chi connectivity index (χ1) is 12.3. The van der Waals surface area contributed by atoms with Crippen LogP contribution in [0.2, 0.25) is 0 Å². The van der Waals surface area contributed by atoms with Gasteiger partial charge in [-0.15, -0.1) is 0 Å². The first kappa shape index (κ1) is 19.3. The lowest BCUT2D eigenvalue weighted by Gasteiger charge is -2.09. The molecule has 1 radical (unpaired) electrons. The zero-order chi connectivity index (χ0) is 17.7. The highest BCUT2D eigenvalue weighted by Crippen LogP contribution is 2.23. The Bertz CT molecular complexity index is 569. The molecule has 1 aliphatic carbocycles. The standard InChI is InChI=1S/C22H29O3/c1-2-3-4-5-6-7-11-18-24-22(23)25-21-16-14-20(15-17-21)19-12-9-8-10-13-19/h8-9,12-17H,2-7,10-11,18H2,1H3. The number of benzene rings is 1. The first-order valence-electron chi connectivity index (χ1n) is 9.44. The van der Waals surface area contributed by atoms with Gasteiger partial charge in [0.1, 0.15) is 5.75 Å². The van der Waals surface area contributed by atoms with Gasteiger partial charge in [0.25, 0.3) is 0 Å². The van der Waals surface area contributed by atoms with Crippen LogP contribution >= 0.6 is 0 Å². The molecule has 0 saturated carbocycles. The van der Waals surface area contributed by atoms with Crippen molar-refractivity contribution in [2.24, 2.45) is 0 Å². The van der Waals surface area contributed by atoms with E-state index in [-0.39, 0.29) is 0 Å². The summed E-state index contributed by atoms with van der Waals surface area (Å²) in [4.78, 5) is 11.7. The van der Waals surface area contributed by atoms with Crippen molar-refractivity contribution in [3.8, 4) is 5.75 Å². The van der Waals surface area contributed by atoms with Crippen LogP contribution in [0.15, 0.2) is 42.5 Å². The SMILES string of the molecule is CCCCCCCCCOC(=O)Oc1ccc(C2=CC[CH]C=C2)cc1. The van der Waals surface area contributed by atoms with E-state index in [2.05, 4.69) is 31.6 Å². The smallest absolute Gasteiger partial charge is 0.434 e. The second-order valence-corrected chi connectivity index (χ2v) is 6.34. The van der Waals surface area contributed by atoms with Gasteiger partial charge >= 0.3 is 6.16 Å². The normalized spacial score (nSPS) is 13.4. The molecule has 25 heavy (non-hydrogen) atoms. The second kappa shape index (κ2) is 11.5. The van der Waals surface area contributed by atoms with Crippen molar-refractivity contribution in [3.63, 3.8) is 0 Å². The first-order valence-corrected chi connectivity index (χ1v) is 9.44. The Morgan fingerprint density at radius 1 is 1.00 bits per heavy atom. The highest BCUT2D eigenvalue weighted by atomic mass is 16.7. The van der Waals surface area contributed by atoms with Crippen molar-refractivity contribution < 1.29 is 14.3 Å². The van der Waals surface area contributed by atoms with E-state index in [9.17, 15) is 4.79 Å². The molecule has 0 saturated heterocycles. The van der Waals surface area contributed by atoms with Crippen LogP contribution in [-0.4, -0.2) is 12.8 Å². The van der Waals surface area contributed by atoms with E-state index < -0.39 is 6.16 Å². The van der Waals surface area contributed by atoms with Crippen molar-refractivity contribution in [3.05, 3.63) is 54.5 Å². The van der Waals surface area contributed by atoms with Crippen molar-refractivity contribution in [1.82, 2.24) is 0 Å². The highest BCUT2D eigenvalue weighted by molar-refractivity contribution is 5.76. The molecule has 0 aliphatic heterocycles. The lowest BCUT2D eigenvalue weighted by Crippen LogP contribution is -2.11. The zero-order valence-corrected chi connectivity index (χ0v) is 15.2. The van der Waals surface area contributed by atoms with E-state index in [0.717, 1.165) is 24.8 Å². The van der Waals surface area contributed by atoms with Crippen molar-refractivity contribution in [2.45, 2.75) is 58.3 Å². The molecule has 0 aromatic heterocycles. The molecular formula is C22H29O3. The van der Waals surface area contributed by atoms with Crippen LogP contribution in [0.1, 0.15) is 63.9 Å². The Morgan fingerprint density at radius 2 is 1.72 bits per heavy atom. The fourth-order valence-corrected chi connectivity index (χ4v) is 2.78. The van der Waals surface area contributed by atoms with Gasteiger partial charge < -0.3 is 9.47 Å².